The molecule has 0 bridgehead atoms. The molecule has 0 saturated heterocycles. The Hall–Kier alpha value is -1.04. The van der Waals surface area contributed by atoms with E-state index in [1.807, 2.05) is 6.92 Å². The fraction of sp³-hybridized carbons (Fsp3) is 0.364. The molecule has 0 aliphatic carbocycles. The van der Waals surface area contributed by atoms with Crippen molar-refractivity contribution in [2.75, 3.05) is 5.33 Å². The molecule has 6 heteroatoms. The molecule has 0 N–H and O–H groups in total. The van der Waals surface area contributed by atoms with E-state index < -0.39 is 6.36 Å². The van der Waals surface area contributed by atoms with E-state index in [0.717, 1.165) is 6.07 Å². The van der Waals surface area contributed by atoms with Crippen LogP contribution in [0.2, 0.25) is 0 Å². The molecular weight excluding hydrogens is 301 g/mol. The Balaban J connectivity index is 3.09. The first-order valence-corrected chi connectivity index (χ1v) is 5.97. The number of carbonyl (C=O) groups is 1. The summed E-state index contributed by atoms with van der Waals surface area (Å²) in [5.41, 5.74) is 0.954. The molecule has 0 saturated carbocycles. The van der Waals surface area contributed by atoms with E-state index in [2.05, 4.69) is 20.7 Å². The van der Waals surface area contributed by atoms with E-state index in [4.69, 9.17) is 0 Å². The number of hydrogen-bond acceptors (Lipinski definition) is 2. The van der Waals surface area contributed by atoms with E-state index >= 15 is 0 Å². The first kappa shape index (κ1) is 14.0. The average molecular weight is 311 g/mol. The van der Waals surface area contributed by atoms with Crippen LogP contribution in [0.3, 0.4) is 0 Å². The second-order valence-electron chi connectivity index (χ2n) is 3.28. The van der Waals surface area contributed by atoms with Gasteiger partial charge < -0.3 is 4.74 Å². The monoisotopic (exact) mass is 310 g/mol. The van der Waals surface area contributed by atoms with Gasteiger partial charge in [0, 0.05) is 5.56 Å². The molecule has 0 radical (unpaired) electrons. The van der Waals surface area contributed by atoms with E-state index in [1.54, 1.807) is 0 Å². The summed E-state index contributed by atoms with van der Waals surface area (Å²) in [6, 6.07) is 3.80. The van der Waals surface area contributed by atoms with Crippen LogP contribution in [0, 0.1) is 0 Å². The van der Waals surface area contributed by atoms with Crippen molar-refractivity contribution in [3.63, 3.8) is 0 Å². The number of halogens is 4. The highest BCUT2D eigenvalue weighted by molar-refractivity contribution is 9.09. The fourth-order valence-electron chi connectivity index (χ4n) is 1.39. The molecule has 0 amide bonds. The summed E-state index contributed by atoms with van der Waals surface area (Å²) in [6.07, 6.45) is -4.18. The number of aryl methyl sites for hydroxylation is 1. The molecule has 0 aromatic heterocycles. The number of alkyl halides is 4. The number of rotatable bonds is 4. The van der Waals surface area contributed by atoms with Crippen LogP contribution in [0.5, 0.6) is 5.75 Å². The summed E-state index contributed by atoms with van der Waals surface area (Å²) in [6.45, 7) is 1.82. The highest BCUT2D eigenvalue weighted by atomic mass is 79.9. The summed E-state index contributed by atoms with van der Waals surface area (Å²) in [4.78, 5) is 11.5. The highest BCUT2D eigenvalue weighted by Gasteiger charge is 2.31. The van der Waals surface area contributed by atoms with Crippen molar-refractivity contribution >= 4 is 21.7 Å². The Kier molecular flexibility index (Phi) is 4.56. The van der Waals surface area contributed by atoms with Crippen molar-refractivity contribution in [1.29, 1.82) is 0 Å². The Morgan fingerprint density at radius 3 is 2.53 bits per heavy atom. The van der Waals surface area contributed by atoms with Gasteiger partial charge in [-0.1, -0.05) is 28.9 Å². The molecule has 0 aliphatic heterocycles. The minimum absolute atomic E-state index is 0.0650. The Bertz CT molecular complexity index is 416. The van der Waals surface area contributed by atoms with Gasteiger partial charge in [-0.05, 0) is 24.1 Å². The number of benzene rings is 1. The van der Waals surface area contributed by atoms with Gasteiger partial charge in [0.25, 0.3) is 0 Å². The first-order chi connectivity index (χ1) is 7.87. The SMILES string of the molecule is CCc1ccc(OC(F)(F)F)cc1C(=O)CBr. The van der Waals surface area contributed by atoms with Crippen molar-refractivity contribution in [3.05, 3.63) is 29.3 Å². The van der Waals surface area contributed by atoms with Crippen LogP contribution in [0.25, 0.3) is 0 Å². The van der Waals surface area contributed by atoms with Crippen LogP contribution < -0.4 is 4.74 Å². The van der Waals surface area contributed by atoms with Crippen LogP contribution in [0.4, 0.5) is 13.2 Å². The second-order valence-corrected chi connectivity index (χ2v) is 3.84. The smallest absolute Gasteiger partial charge is 0.406 e. The van der Waals surface area contributed by atoms with Gasteiger partial charge in [-0.2, -0.15) is 0 Å². The molecule has 94 valence electrons. The van der Waals surface area contributed by atoms with Gasteiger partial charge in [-0.3, -0.25) is 4.79 Å². The number of Topliss-reactive ketones (excluding diaryl/α,β-unsaturated/α-hetero) is 1. The minimum Gasteiger partial charge on any atom is -0.406 e. The van der Waals surface area contributed by atoms with Crippen LogP contribution in [0.1, 0.15) is 22.8 Å². The van der Waals surface area contributed by atoms with Crippen molar-refractivity contribution in [2.45, 2.75) is 19.7 Å². The molecule has 1 aromatic rings. The molecule has 0 heterocycles. The van der Waals surface area contributed by atoms with Gasteiger partial charge in [-0.15, -0.1) is 13.2 Å². The van der Waals surface area contributed by atoms with E-state index in [-0.39, 0.29) is 22.4 Å². The lowest BCUT2D eigenvalue weighted by Crippen LogP contribution is -2.17. The third-order valence-corrected chi connectivity index (χ3v) is 2.63. The average Bonchev–Trinajstić information content (AvgIpc) is 2.25. The molecule has 0 aliphatic rings. The number of ketones is 1. The normalized spacial score (nSPS) is 11.4. The van der Waals surface area contributed by atoms with Crippen LogP contribution in [-0.4, -0.2) is 17.5 Å². The molecule has 0 atom stereocenters. The Morgan fingerprint density at radius 2 is 2.06 bits per heavy atom. The van der Waals surface area contributed by atoms with E-state index in [0.29, 0.717) is 12.0 Å². The van der Waals surface area contributed by atoms with E-state index in [1.165, 1.54) is 12.1 Å². The Labute approximate surface area is 105 Å². The maximum atomic E-state index is 12.0. The zero-order valence-corrected chi connectivity index (χ0v) is 10.6. The minimum atomic E-state index is -4.75. The summed E-state index contributed by atoms with van der Waals surface area (Å²) in [5, 5.41) is 0.0650. The van der Waals surface area contributed by atoms with Gasteiger partial charge >= 0.3 is 6.36 Å². The lowest BCUT2D eigenvalue weighted by atomic mass is 10.0. The Morgan fingerprint density at radius 1 is 1.41 bits per heavy atom. The predicted molar refractivity (Wildman–Crippen MR) is 60.6 cm³/mol. The second kappa shape index (κ2) is 5.53. The van der Waals surface area contributed by atoms with Gasteiger partial charge in [-0.25, -0.2) is 0 Å². The van der Waals surface area contributed by atoms with Crippen molar-refractivity contribution in [1.82, 2.24) is 0 Å². The third-order valence-electron chi connectivity index (χ3n) is 2.12. The standard InChI is InChI=1S/C11H10BrF3O2/c1-2-7-3-4-8(17-11(13,14)15)5-9(7)10(16)6-12/h3-5H,2,6H2,1H3. The third kappa shape index (κ3) is 4.03. The highest BCUT2D eigenvalue weighted by Crippen LogP contribution is 2.25. The quantitative estimate of drug-likeness (QED) is 0.626. The molecule has 0 fully saturated rings. The van der Waals surface area contributed by atoms with Gasteiger partial charge in [0.05, 0.1) is 5.33 Å². The maximum Gasteiger partial charge on any atom is 0.573 e. The maximum absolute atomic E-state index is 12.0. The molecule has 0 spiro atoms. The van der Waals surface area contributed by atoms with Crippen molar-refractivity contribution in [2.24, 2.45) is 0 Å². The van der Waals surface area contributed by atoms with E-state index in [9.17, 15) is 18.0 Å². The van der Waals surface area contributed by atoms with Crippen LogP contribution in [0.15, 0.2) is 18.2 Å². The summed E-state index contributed by atoms with van der Waals surface area (Å²) < 4.78 is 39.8. The molecule has 2 nitrogen and oxygen atoms in total. The fourth-order valence-corrected chi connectivity index (χ4v) is 1.69. The summed E-state index contributed by atoms with van der Waals surface area (Å²) >= 11 is 2.99. The van der Waals surface area contributed by atoms with Gasteiger partial charge in [0.1, 0.15) is 5.75 Å². The number of ether oxygens (including phenoxy) is 1. The van der Waals surface area contributed by atoms with Crippen molar-refractivity contribution in [3.8, 4) is 5.75 Å². The van der Waals surface area contributed by atoms with Gasteiger partial charge in [0.2, 0.25) is 0 Å². The van der Waals surface area contributed by atoms with Crippen LogP contribution >= 0.6 is 15.9 Å². The number of hydrogen-bond donors (Lipinski definition) is 0. The van der Waals surface area contributed by atoms with Gasteiger partial charge in [0.15, 0.2) is 5.78 Å². The van der Waals surface area contributed by atoms with Crippen LogP contribution in [-0.2, 0) is 6.42 Å². The zero-order valence-electron chi connectivity index (χ0n) is 8.97. The summed E-state index contributed by atoms with van der Waals surface area (Å²) in [7, 11) is 0. The largest absolute Gasteiger partial charge is 0.573 e. The van der Waals surface area contributed by atoms with Crippen molar-refractivity contribution < 1.29 is 22.7 Å². The molecular formula is C11H10BrF3O2. The molecule has 0 unspecified atom stereocenters. The molecule has 1 rings (SSSR count). The predicted octanol–water partition coefficient (Wildman–Crippen LogP) is 3.73. The topological polar surface area (TPSA) is 26.3 Å². The lowest BCUT2D eigenvalue weighted by Gasteiger charge is -2.11. The zero-order chi connectivity index (χ0) is 13.1. The molecule has 17 heavy (non-hydrogen) atoms. The first-order valence-electron chi connectivity index (χ1n) is 4.85. The summed E-state index contributed by atoms with van der Waals surface area (Å²) in [5.74, 6) is -0.645. The lowest BCUT2D eigenvalue weighted by molar-refractivity contribution is -0.274. The number of carbonyl (C=O) groups excluding carboxylic acids is 1. The molecule has 1 aromatic carbocycles.